The van der Waals surface area contributed by atoms with E-state index < -0.39 is 6.36 Å². The van der Waals surface area contributed by atoms with Crippen molar-refractivity contribution < 1.29 is 17.9 Å². The van der Waals surface area contributed by atoms with E-state index in [0.717, 1.165) is 0 Å². The molecule has 0 aliphatic heterocycles. The van der Waals surface area contributed by atoms with Gasteiger partial charge in [0.1, 0.15) is 5.75 Å². The van der Waals surface area contributed by atoms with Crippen molar-refractivity contribution >= 4 is 5.69 Å². The first kappa shape index (κ1) is 12.9. The number of rotatable bonds is 2. The van der Waals surface area contributed by atoms with Gasteiger partial charge in [-0.05, 0) is 42.0 Å². The first-order valence-corrected chi connectivity index (χ1v) is 5.17. The van der Waals surface area contributed by atoms with Crippen LogP contribution in [-0.4, -0.2) is 11.3 Å². The molecule has 0 saturated carbocycles. The zero-order valence-corrected chi connectivity index (χ0v) is 9.48. The fourth-order valence-corrected chi connectivity index (χ4v) is 1.47. The fraction of sp³-hybridized carbons (Fsp3) is 0.0769. The van der Waals surface area contributed by atoms with E-state index in [4.69, 9.17) is 6.57 Å². The second-order valence-electron chi connectivity index (χ2n) is 3.58. The van der Waals surface area contributed by atoms with Crippen molar-refractivity contribution in [2.75, 3.05) is 0 Å². The summed E-state index contributed by atoms with van der Waals surface area (Å²) in [6.45, 7) is 6.89. The molecule has 0 atom stereocenters. The minimum Gasteiger partial charge on any atom is -0.406 e. The van der Waals surface area contributed by atoms with Crippen LogP contribution in [0.4, 0.5) is 18.9 Å². The van der Waals surface area contributed by atoms with Crippen LogP contribution in [0, 0.1) is 6.57 Å². The maximum absolute atomic E-state index is 12.0. The SMILES string of the molecule is [C-]#[N+]c1ccnc(-c2ccc(OC(F)(F)F)cc2)c1. The quantitative estimate of drug-likeness (QED) is 0.760. The summed E-state index contributed by atoms with van der Waals surface area (Å²) in [5.41, 5.74) is 1.55. The van der Waals surface area contributed by atoms with Gasteiger partial charge in [-0.15, -0.1) is 13.2 Å². The third-order valence-corrected chi connectivity index (χ3v) is 2.26. The molecular weight excluding hydrogens is 257 g/mol. The largest absolute Gasteiger partial charge is 0.573 e. The fourth-order valence-electron chi connectivity index (χ4n) is 1.47. The van der Waals surface area contributed by atoms with Gasteiger partial charge < -0.3 is 4.74 Å². The van der Waals surface area contributed by atoms with Crippen LogP contribution in [0.5, 0.6) is 5.75 Å². The summed E-state index contributed by atoms with van der Waals surface area (Å²) < 4.78 is 39.8. The molecule has 0 amide bonds. The molecule has 0 N–H and O–H groups in total. The Hall–Kier alpha value is -2.55. The van der Waals surface area contributed by atoms with Crippen LogP contribution in [0.25, 0.3) is 16.1 Å². The first-order valence-electron chi connectivity index (χ1n) is 5.17. The van der Waals surface area contributed by atoms with Gasteiger partial charge in [0, 0.05) is 6.20 Å². The van der Waals surface area contributed by atoms with E-state index >= 15 is 0 Å². The number of hydrogen-bond acceptors (Lipinski definition) is 2. The van der Waals surface area contributed by atoms with Crippen LogP contribution in [0.2, 0.25) is 0 Å². The van der Waals surface area contributed by atoms with Crippen molar-refractivity contribution in [2.24, 2.45) is 0 Å². The lowest BCUT2D eigenvalue weighted by Crippen LogP contribution is -2.16. The van der Waals surface area contributed by atoms with E-state index in [1.54, 1.807) is 12.1 Å². The van der Waals surface area contributed by atoms with Crippen LogP contribution in [0.15, 0.2) is 42.6 Å². The molecule has 0 radical (unpaired) electrons. The predicted molar refractivity (Wildman–Crippen MR) is 62.6 cm³/mol. The standard InChI is InChI=1S/C13H7F3N2O/c1-17-10-6-7-18-12(8-10)9-2-4-11(5-3-9)19-13(14,15)16/h2-8H. The van der Waals surface area contributed by atoms with Crippen molar-refractivity contribution in [1.82, 2.24) is 4.98 Å². The highest BCUT2D eigenvalue weighted by Gasteiger charge is 2.30. The maximum Gasteiger partial charge on any atom is 0.573 e. The van der Waals surface area contributed by atoms with Crippen molar-refractivity contribution in [2.45, 2.75) is 6.36 Å². The minimum absolute atomic E-state index is 0.294. The molecule has 1 heterocycles. The summed E-state index contributed by atoms with van der Waals surface area (Å²) in [5.74, 6) is -0.294. The lowest BCUT2D eigenvalue weighted by molar-refractivity contribution is -0.274. The topological polar surface area (TPSA) is 26.5 Å². The number of pyridine rings is 1. The van der Waals surface area contributed by atoms with Crippen molar-refractivity contribution in [3.05, 3.63) is 54.0 Å². The van der Waals surface area contributed by atoms with Crippen LogP contribution < -0.4 is 4.74 Å². The summed E-state index contributed by atoms with van der Waals surface area (Å²) >= 11 is 0. The lowest BCUT2D eigenvalue weighted by Gasteiger charge is -2.09. The van der Waals surface area contributed by atoms with Gasteiger partial charge in [-0.25, -0.2) is 4.85 Å². The zero-order valence-electron chi connectivity index (χ0n) is 9.48. The minimum atomic E-state index is -4.70. The highest BCUT2D eigenvalue weighted by atomic mass is 19.4. The van der Waals surface area contributed by atoms with Gasteiger partial charge in [0.05, 0.1) is 12.3 Å². The van der Waals surface area contributed by atoms with E-state index in [1.165, 1.54) is 30.5 Å². The van der Waals surface area contributed by atoms with Crippen LogP contribution in [-0.2, 0) is 0 Å². The number of benzene rings is 1. The zero-order chi connectivity index (χ0) is 13.9. The van der Waals surface area contributed by atoms with Gasteiger partial charge >= 0.3 is 6.36 Å². The number of nitrogens with zero attached hydrogens (tertiary/aromatic N) is 2. The molecule has 19 heavy (non-hydrogen) atoms. The molecule has 2 rings (SSSR count). The molecule has 2 aromatic rings. The first-order chi connectivity index (χ1) is 8.98. The van der Waals surface area contributed by atoms with Crippen molar-refractivity contribution in [1.29, 1.82) is 0 Å². The molecule has 96 valence electrons. The van der Waals surface area contributed by atoms with Crippen molar-refractivity contribution in [3.63, 3.8) is 0 Å². The van der Waals surface area contributed by atoms with E-state index in [1.807, 2.05) is 0 Å². The maximum atomic E-state index is 12.0. The molecule has 1 aromatic heterocycles. The normalized spacial score (nSPS) is 10.8. The van der Waals surface area contributed by atoms with E-state index in [0.29, 0.717) is 16.9 Å². The average molecular weight is 264 g/mol. The molecule has 6 heteroatoms. The number of hydrogen-bond donors (Lipinski definition) is 0. The van der Waals surface area contributed by atoms with Gasteiger partial charge in [-0.1, -0.05) is 0 Å². The Morgan fingerprint density at radius 3 is 2.37 bits per heavy atom. The van der Waals surface area contributed by atoms with Crippen molar-refractivity contribution in [3.8, 4) is 17.0 Å². The monoisotopic (exact) mass is 264 g/mol. The molecule has 3 nitrogen and oxygen atoms in total. The van der Waals surface area contributed by atoms with Gasteiger partial charge in [0.25, 0.3) is 0 Å². The summed E-state index contributed by atoms with van der Waals surface area (Å²) in [4.78, 5) is 7.31. The second-order valence-corrected chi connectivity index (χ2v) is 3.58. The van der Waals surface area contributed by atoms with E-state index in [2.05, 4.69) is 14.6 Å². The Bertz CT molecular complexity index is 615. The molecule has 1 aromatic carbocycles. The number of ether oxygens (including phenoxy) is 1. The van der Waals surface area contributed by atoms with Gasteiger partial charge in [-0.3, -0.25) is 4.98 Å². The lowest BCUT2D eigenvalue weighted by atomic mass is 10.1. The summed E-state index contributed by atoms with van der Waals surface area (Å²) in [7, 11) is 0. The average Bonchev–Trinajstić information content (AvgIpc) is 2.38. The highest BCUT2D eigenvalue weighted by Crippen LogP contribution is 2.26. The summed E-state index contributed by atoms with van der Waals surface area (Å²) in [6.07, 6.45) is -3.23. The molecule has 0 spiro atoms. The predicted octanol–water partition coefficient (Wildman–Crippen LogP) is 4.20. The third kappa shape index (κ3) is 3.45. The highest BCUT2D eigenvalue weighted by molar-refractivity contribution is 5.64. The van der Waals surface area contributed by atoms with Gasteiger partial charge in [0.15, 0.2) is 5.69 Å². The Morgan fingerprint density at radius 2 is 1.79 bits per heavy atom. The molecule has 0 unspecified atom stereocenters. The smallest absolute Gasteiger partial charge is 0.406 e. The Kier molecular flexibility index (Phi) is 3.38. The molecule has 0 saturated heterocycles. The number of alkyl halides is 3. The van der Waals surface area contributed by atoms with Gasteiger partial charge in [0.2, 0.25) is 0 Å². The van der Waals surface area contributed by atoms with E-state index in [-0.39, 0.29) is 5.75 Å². The van der Waals surface area contributed by atoms with Crippen LogP contribution >= 0.6 is 0 Å². The molecular formula is C13H7F3N2O. The van der Waals surface area contributed by atoms with Crippen LogP contribution in [0.1, 0.15) is 0 Å². The molecule has 0 aliphatic carbocycles. The molecule has 0 bridgehead atoms. The third-order valence-electron chi connectivity index (χ3n) is 2.26. The summed E-state index contributed by atoms with van der Waals surface area (Å²) in [5, 5.41) is 0. The Balaban J connectivity index is 2.25. The second kappa shape index (κ2) is 4.98. The Labute approximate surface area is 107 Å². The van der Waals surface area contributed by atoms with E-state index in [9.17, 15) is 13.2 Å². The number of halogens is 3. The Morgan fingerprint density at radius 1 is 1.11 bits per heavy atom. The molecule has 0 fully saturated rings. The summed E-state index contributed by atoms with van der Waals surface area (Å²) in [6, 6.07) is 8.43. The molecule has 0 aliphatic rings. The van der Waals surface area contributed by atoms with Gasteiger partial charge in [-0.2, -0.15) is 0 Å². The van der Waals surface area contributed by atoms with Crippen LogP contribution in [0.3, 0.4) is 0 Å². The number of aromatic nitrogens is 1.